The number of hydrogen-bond donors (Lipinski definition) is 1. The van der Waals surface area contributed by atoms with Crippen molar-refractivity contribution in [3.8, 4) is 11.3 Å². The zero-order valence-electron chi connectivity index (χ0n) is 16.2. The monoisotopic (exact) mass is 391 g/mol. The summed E-state index contributed by atoms with van der Waals surface area (Å²) in [6, 6.07) is 17.6. The number of rotatable bonds is 3. The summed E-state index contributed by atoms with van der Waals surface area (Å²) < 4.78 is 13.1. The van der Waals surface area contributed by atoms with E-state index < -0.39 is 0 Å². The highest BCUT2D eigenvalue weighted by molar-refractivity contribution is 5.89. The third-order valence-electron chi connectivity index (χ3n) is 4.98. The van der Waals surface area contributed by atoms with Crippen molar-refractivity contribution in [2.24, 2.45) is 0 Å². The Morgan fingerprint density at radius 3 is 2.21 bits per heavy atom. The Balaban J connectivity index is 1.33. The standard InChI is InChI=1S/C22H22FN5O/c1-16-2-8-19(9-3-16)24-22(29)28-14-12-27(13-15-28)21-11-10-20(25-26-21)17-4-6-18(23)7-5-17/h2-11H,12-15H2,1H3,(H,24,29). The minimum absolute atomic E-state index is 0.0914. The molecular formula is C22H22FN5O. The van der Waals surface area contributed by atoms with Crippen LogP contribution in [0.5, 0.6) is 0 Å². The molecule has 3 aromatic rings. The minimum atomic E-state index is -0.275. The maximum absolute atomic E-state index is 13.1. The van der Waals surface area contributed by atoms with Gasteiger partial charge in [0, 0.05) is 37.4 Å². The van der Waals surface area contributed by atoms with Gasteiger partial charge in [0.25, 0.3) is 0 Å². The largest absolute Gasteiger partial charge is 0.352 e. The lowest BCUT2D eigenvalue weighted by Gasteiger charge is -2.35. The van der Waals surface area contributed by atoms with Crippen molar-refractivity contribution < 1.29 is 9.18 Å². The van der Waals surface area contributed by atoms with E-state index in [9.17, 15) is 9.18 Å². The Bertz CT molecular complexity index is 966. The van der Waals surface area contributed by atoms with Crippen molar-refractivity contribution in [1.29, 1.82) is 0 Å². The number of carbonyl (C=O) groups excluding carboxylic acids is 1. The first kappa shape index (κ1) is 18.9. The summed E-state index contributed by atoms with van der Waals surface area (Å²) in [4.78, 5) is 16.4. The number of aromatic nitrogens is 2. The van der Waals surface area contributed by atoms with Gasteiger partial charge >= 0.3 is 6.03 Å². The molecule has 1 aliphatic heterocycles. The summed E-state index contributed by atoms with van der Waals surface area (Å²) in [5, 5.41) is 11.5. The van der Waals surface area contributed by atoms with E-state index in [0.29, 0.717) is 31.9 Å². The normalized spacial score (nSPS) is 14.0. The van der Waals surface area contributed by atoms with Gasteiger partial charge in [-0.2, -0.15) is 0 Å². The van der Waals surface area contributed by atoms with E-state index in [1.54, 1.807) is 17.0 Å². The van der Waals surface area contributed by atoms with Gasteiger partial charge in [-0.1, -0.05) is 17.7 Å². The Hall–Kier alpha value is -3.48. The number of nitrogens with one attached hydrogen (secondary N) is 1. The van der Waals surface area contributed by atoms with Crippen LogP contribution in [0.15, 0.2) is 60.7 Å². The predicted molar refractivity (Wildman–Crippen MR) is 111 cm³/mol. The fourth-order valence-corrected chi connectivity index (χ4v) is 3.25. The summed E-state index contributed by atoms with van der Waals surface area (Å²) in [5.41, 5.74) is 3.47. The van der Waals surface area contributed by atoms with Crippen LogP contribution in [0.2, 0.25) is 0 Å². The fourth-order valence-electron chi connectivity index (χ4n) is 3.25. The summed E-state index contributed by atoms with van der Waals surface area (Å²) in [6.45, 7) is 4.61. The molecule has 1 fully saturated rings. The topological polar surface area (TPSA) is 61.4 Å². The number of hydrogen-bond acceptors (Lipinski definition) is 4. The van der Waals surface area contributed by atoms with Crippen molar-refractivity contribution in [3.63, 3.8) is 0 Å². The predicted octanol–water partition coefficient (Wildman–Crippen LogP) is 3.95. The van der Waals surface area contributed by atoms with Crippen molar-refractivity contribution >= 4 is 17.5 Å². The van der Waals surface area contributed by atoms with Crippen LogP contribution in [0.3, 0.4) is 0 Å². The lowest BCUT2D eigenvalue weighted by Crippen LogP contribution is -2.50. The van der Waals surface area contributed by atoms with Crippen LogP contribution in [0.4, 0.5) is 20.7 Å². The third-order valence-corrected chi connectivity index (χ3v) is 4.98. The van der Waals surface area contributed by atoms with Crippen LogP contribution in [-0.2, 0) is 0 Å². The van der Waals surface area contributed by atoms with E-state index in [0.717, 1.165) is 22.6 Å². The highest BCUT2D eigenvalue weighted by atomic mass is 19.1. The molecule has 7 heteroatoms. The first-order valence-electron chi connectivity index (χ1n) is 9.56. The number of carbonyl (C=O) groups is 1. The molecule has 1 N–H and O–H groups in total. The molecule has 1 aromatic heterocycles. The lowest BCUT2D eigenvalue weighted by molar-refractivity contribution is 0.208. The third kappa shape index (κ3) is 4.51. The van der Waals surface area contributed by atoms with E-state index in [1.807, 2.05) is 43.3 Å². The number of amides is 2. The Morgan fingerprint density at radius 2 is 1.59 bits per heavy atom. The van der Waals surface area contributed by atoms with E-state index in [4.69, 9.17) is 0 Å². The molecule has 4 rings (SSSR count). The number of benzene rings is 2. The second-order valence-corrected chi connectivity index (χ2v) is 7.05. The van der Waals surface area contributed by atoms with Crippen LogP contribution < -0.4 is 10.2 Å². The Morgan fingerprint density at radius 1 is 0.897 bits per heavy atom. The molecule has 0 unspecified atom stereocenters. The zero-order chi connectivity index (χ0) is 20.2. The Labute approximate surface area is 169 Å². The van der Waals surface area contributed by atoms with Gasteiger partial charge in [-0.05, 0) is 55.5 Å². The van der Waals surface area contributed by atoms with E-state index in [-0.39, 0.29) is 11.8 Å². The quantitative estimate of drug-likeness (QED) is 0.735. The highest BCUT2D eigenvalue weighted by Gasteiger charge is 2.22. The molecule has 1 saturated heterocycles. The smallest absolute Gasteiger partial charge is 0.321 e. The molecule has 29 heavy (non-hydrogen) atoms. The van der Waals surface area contributed by atoms with Crippen LogP contribution in [-0.4, -0.2) is 47.3 Å². The second kappa shape index (κ2) is 8.26. The SMILES string of the molecule is Cc1ccc(NC(=O)N2CCN(c3ccc(-c4ccc(F)cc4)nn3)CC2)cc1. The number of aryl methyl sites for hydroxylation is 1. The number of halogens is 1. The summed E-state index contributed by atoms with van der Waals surface area (Å²) >= 11 is 0. The lowest BCUT2D eigenvalue weighted by atomic mass is 10.1. The van der Waals surface area contributed by atoms with Gasteiger partial charge in [0.15, 0.2) is 5.82 Å². The van der Waals surface area contributed by atoms with E-state index in [1.165, 1.54) is 12.1 Å². The summed E-state index contributed by atoms with van der Waals surface area (Å²) in [7, 11) is 0. The van der Waals surface area contributed by atoms with Gasteiger partial charge in [0.05, 0.1) is 5.69 Å². The maximum atomic E-state index is 13.1. The van der Waals surface area contributed by atoms with Crippen LogP contribution in [0.25, 0.3) is 11.3 Å². The molecular weight excluding hydrogens is 369 g/mol. The molecule has 0 saturated carbocycles. The molecule has 148 valence electrons. The molecule has 2 aromatic carbocycles. The molecule has 0 bridgehead atoms. The van der Waals surface area contributed by atoms with Crippen molar-refractivity contribution in [2.75, 3.05) is 36.4 Å². The van der Waals surface area contributed by atoms with Gasteiger partial charge < -0.3 is 15.1 Å². The van der Waals surface area contributed by atoms with Crippen molar-refractivity contribution in [3.05, 3.63) is 72.0 Å². The van der Waals surface area contributed by atoms with E-state index >= 15 is 0 Å². The first-order chi connectivity index (χ1) is 14.1. The van der Waals surface area contributed by atoms with Crippen LogP contribution in [0.1, 0.15) is 5.56 Å². The average molecular weight is 391 g/mol. The fraction of sp³-hybridized carbons (Fsp3) is 0.227. The molecule has 0 aliphatic carbocycles. The first-order valence-corrected chi connectivity index (χ1v) is 9.56. The van der Waals surface area contributed by atoms with Crippen molar-refractivity contribution in [2.45, 2.75) is 6.92 Å². The minimum Gasteiger partial charge on any atom is -0.352 e. The number of urea groups is 1. The van der Waals surface area contributed by atoms with Gasteiger partial charge in [-0.3, -0.25) is 0 Å². The maximum Gasteiger partial charge on any atom is 0.321 e. The second-order valence-electron chi connectivity index (χ2n) is 7.05. The van der Waals surface area contributed by atoms with Crippen LogP contribution in [0, 0.1) is 12.7 Å². The molecule has 2 amide bonds. The van der Waals surface area contributed by atoms with Gasteiger partial charge in [0.1, 0.15) is 5.82 Å². The summed E-state index contributed by atoms with van der Waals surface area (Å²) in [5.74, 6) is 0.497. The van der Waals surface area contributed by atoms with Gasteiger partial charge in [0.2, 0.25) is 0 Å². The molecule has 1 aliphatic rings. The van der Waals surface area contributed by atoms with Gasteiger partial charge in [-0.15, -0.1) is 10.2 Å². The van der Waals surface area contributed by atoms with Gasteiger partial charge in [-0.25, -0.2) is 9.18 Å². The molecule has 2 heterocycles. The van der Waals surface area contributed by atoms with Crippen molar-refractivity contribution in [1.82, 2.24) is 15.1 Å². The number of piperazine rings is 1. The molecule has 6 nitrogen and oxygen atoms in total. The average Bonchev–Trinajstić information content (AvgIpc) is 2.76. The Kier molecular flexibility index (Phi) is 5.37. The highest BCUT2D eigenvalue weighted by Crippen LogP contribution is 2.20. The number of nitrogens with zero attached hydrogens (tertiary/aromatic N) is 4. The molecule has 0 radical (unpaired) electrons. The summed E-state index contributed by atoms with van der Waals surface area (Å²) in [6.07, 6.45) is 0. The van der Waals surface area contributed by atoms with E-state index in [2.05, 4.69) is 20.4 Å². The molecule has 0 spiro atoms. The molecule has 0 atom stereocenters. The van der Waals surface area contributed by atoms with Crippen LogP contribution >= 0.6 is 0 Å². The zero-order valence-corrected chi connectivity index (χ0v) is 16.2. The number of anilines is 2.